The number of likely N-dealkylation sites (tertiary alicyclic amines) is 1. The monoisotopic (exact) mass is 424 g/mol. The van der Waals surface area contributed by atoms with Crippen LogP contribution < -0.4 is 5.32 Å². The summed E-state index contributed by atoms with van der Waals surface area (Å²) >= 11 is 0. The van der Waals surface area contributed by atoms with Crippen LogP contribution in [0.2, 0.25) is 0 Å². The van der Waals surface area contributed by atoms with E-state index in [9.17, 15) is 18.0 Å². The maximum atomic E-state index is 12.7. The van der Waals surface area contributed by atoms with E-state index in [0.29, 0.717) is 12.1 Å². The fourth-order valence-electron chi connectivity index (χ4n) is 3.45. The van der Waals surface area contributed by atoms with E-state index in [-0.39, 0.29) is 40.7 Å². The predicted molar refractivity (Wildman–Crippen MR) is 112 cm³/mol. The van der Waals surface area contributed by atoms with Crippen LogP contribution in [0.15, 0.2) is 29.2 Å². The number of amides is 2. The fraction of sp³-hybridized carbons (Fsp3) is 0.619. The molecule has 162 valence electrons. The van der Waals surface area contributed by atoms with Gasteiger partial charge in [0.1, 0.15) is 5.60 Å². The molecular formula is C21H32N2O5S. The topological polar surface area (TPSA) is 92.8 Å². The average Bonchev–Trinajstić information content (AvgIpc) is 2.63. The van der Waals surface area contributed by atoms with Crippen LogP contribution in [0, 0.1) is 5.92 Å². The third-order valence-corrected chi connectivity index (χ3v) is 6.98. The van der Waals surface area contributed by atoms with Crippen molar-refractivity contribution in [1.29, 1.82) is 0 Å². The molecule has 1 heterocycles. The zero-order valence-electron chi connectivity index (χ0n) is 18.1. The van der Waals surface area contributed by atoms with Crippen LogP contribution in [0.4, 0.5) is 4.79 Å². The molecule has 0 aliphatic carbocycles. The molecule has 0 bridgehead atoms. The van der Waals surface area contributed by atoms with Crippen LogP contribution in [0.3, 0.4) is 0 Å². The SMILES string of the molecule is CCS(=O)(=O)c1ccc(C(=O)N[C@@H]2[C@H](C)CCN(C(=O)OC(C)(C)C)[C@H]2C)cc1. The van der Waals surface area contributed by atoms with E-state index in [2.05, 4.69) is 5.32 Å². The number of hydrogen-bond acceptors (Lipinski definition) is 5. The van der Waals surface area contributed by atoms with Crippen molar-refractivity contribution in [1.82, 2.24) is 10.2 Å². The van der Waals surface area contributed by atoms with E-state index >= 15 is 0 Å². The molecule has 1 fully saturated rings. The van der Waals surface area contributed by atoms with Gasteiger partial charge in [0.2, 0.25) is 0 Å². The summed E-state index contributed by atoms with van der Waals surface area (Å²) in [5, 5.41) is 3.02. The quantitative estimate of drug-likeness (QED) is 0.801. The van der Waals surface area contributed by atoms with Gasteiger partial charge >= 0.3 is 6.09 Å². The summed E-state index contributed by atoms with van der Waals surface area (Å²) < 4.78 is 29.4. The second-order valence-electron chi connectivity index (χ2n) is 8.61. The van der Waals surface area contributed by atoms with Gasteiger partial charge in [-0.25, -0.2) is 13.2 Å². The molecule has 0 spiro atoms. The normalized spacial score (nSPS) is 22.8. The molecule has 8 heteroatoms. The van der Waals surface area contributed by atoms with E-state index in [1.807, 2.05) is 34.6 Å². The van der Waals surface area contributed by atoms with Crippen molar-refractivity contribution in [2.75, 3.05) is 12.3 Å². The lowest BCUT2D eigenvalue weighted by atomic mass is 9.87. The van der Waals surface area contributed by atoms with Crippen molar-refractivity contribution in [2.45, 2.75) is 70.5 Å². The third kappa shape index (κ3) is 5.72. The van der Waals surface area contributed by atoms with Crippen LogP contribution >= 0.6 is 0 Å². The fourth-order valence-corrected chi connectivity index (χ4v) is 4.34. The number of hydrogen-bond donors (Lipinski definition) is 1. The summed E-state index contributed by atoms with van der Waals surface area (Å²) in [5.74, 6) is -0.0940. The summed E-state index contributed by atoms with van der Waals surface area (Å²) in [6.07, 6.45) is 0.368. The maximum absolute atomic E-state index is 12.7. The largest absolute Gasteiger partial charge is 0.444 e. The standard InChI is InChI=1S/C21H32N2O5S/c1-7-29(26,27)17-10-8-16(9-11-17)19(24)22-18-14(2)12-13-23(15(18)3)20(25)28-21(4,5)6/h8-11,14-15,18H,7,12-13H2,1-6H3,(H,22,24)/t14-,15+,18-/m1/s1. The first-order chi connectivity index (χ1) is 13.4. The van der Waals surface area contributed by atoms with E-state index in [4.69, 9.17) is 4.74 Å². The number of carbonyl (C=O) groups excluding carboxylic acids is 2. The van der Waals surface area contributed by atoms with Crippen LogP contribution in [0.1, 0.15) is 58.3 Å². The number of ether oxygens (including phenoxy) is 1. The van der Waals surface area contributed by atoms with Gasteiger partial charge in [-0.1, -0.05) is 13.8 Å². The van der Waals surface area contributed by atoms with Crippen LogP contribution in [0.5, 0.6) is 0 Å². The average molecular weight is 425 g/mol. The van der Waals surface area contributed by atoms with Gasteiger partial charge in [0.05, 0.1) is 22.7 Å². The van der Waals surface area contributed by atoms with E-state index in [1.54, 1.807) is 11.8 Å². The minimum atomic E-state index is -3.31. The molecule has 1 saturated heterocycles. The van der Waals surface area contributed by atoms with Gasteiger partial charge in [0.25, 0.3) is 5.91 Å². The first-order valence-corrected chi connectivity index (χ1v) is 11.6. The van der Waals surface area contributed by atoms with Crippen LogP contribution in [-0.2, 0) is 14.6 Å². The molecular weight excluding hydrogens is 392 g/mol. The summed E-state index contributed by atoms with van der Waals surface area (Å²) in [5.41, 5.74) is -0.201. The number of nitrogens with zero attached hydrogens (tertiary/aromatic N) is 1. The molecule has 7 nitrogen and oxygen atoms in total. The van der Waals surface area contributed by atoms with E-state index in [0.717, 1.165) is 6.42 Å². The predicted octanol–water partition coefficient (Wildman–Crippen LogP) is 3.24. The van der Waals surface area contributed by atoms with Crippen LogP contribution in [-0.4, -0.2) is 55.3 Å². The Kier molecular flexibility index (Phi) is 6.98. The van der Waals surface area contributed by atoms with Gasteiger partial charge in [-0.15, -0.1) is 0 Å². The van der Waals surface area contributed by atoms with E-state index in [1.165, 1.54) is 24.3 Å². The van der Waals surface area contributed by atoms with Crippen molar-refractivity contribution < 1.29 is 22.7 Å². The van der Waals surface area contributed by atoms with Crippen LogP contribution in [0.25, 0.3) is 0 Å². The Hall–Kier alpha value is -2.09. The molecule has 3 atom stereocenters. The number of nitrogens with one attached hydrogen (secondary N) is 1. The van der Waals surface area contributed by atoms with E-state index < -0.39 is 15.4 Å². The summed E-state index contributed by atoms with van der Waals surface area (Å²) in [6.45, 7) is 11.6. The highest BCUT2D eigenvalue weighted by Gasteiger charge is 2.38. The Bertz CT molecular complexity index is 843. The second-order valence-corrected chi connectivity index (χ2v) is 10.9. The van der Waals surface area contributed by atoms with Gasteiger partial charge < -0.3 is 15.0 Å². The summed E-state index contributed by atoms with van der Waals surface area (Å²) in [6, 6.07) is 5.48. The van der Waals surface area contributed by atoms with Crippen molar-refractivity contribution in [3.05, 3.63) is 29.8 Å². The van der Waals surface area contributed by atoms with Gasteiger partial charge in [-0.3, -0.25) is 4.79 Å². The Morgan fingerprint density at radius 1 is 1.17 bits per heavy atom. The second kappa shape index (κ2) is 8.73. The molecule has 0 radical (unpaired) electrons. The zero-order valence-corrected chi connectivity index (χ0v) is 18.9. The number of rotatable bonds is 4. The molecule has 0 aromatic heterocycles. The molecule has 2 amide bonds. The van der Waals surface area contributed by atoms with Gasteiger partial charge in [0, 0.05) is 12.1 Å². The Labute approximate surface area is 173 Å². The summed E-state index contributed by atoms with van der Waals surface area (Å²) in [7, 11) is -3.31. The third-order valence-electron chi connectivity index (χ3n) is 5.23. The highest BCUT2D eigenvalue weighted by molar-refractivity contribution is 7.91. The lowest BCUT2D eigenvalue weighted by Gasteiger charge is -2.43. The Morgan fingerprint density at radius 2 is 1.76 bits per heavy atom. The number of sulfone groups is 1. The van der Waals surface area contributed by atoms with Crippen molar-refractivity contribution in [2.24, 2.45) is 5.92 Å². The maximum Gasteiger partial charge on any atom is 0.410 e. The number of carbonyl (C=O) groups is 2. The zero-order chi connectivity index (χ0) is 22.0. The summed E-state index contributed by atoms with van der Waals surface area (Å²) in [4.78, 5) is 27.1. The van der Waals surface area contributed by atoms with Gasteiger partial charge in [-0.2, -0.15) is 0 Å². The number of benzene rings is 1. The number of piperidine rings is 1. The smallest absolute Gasteiger partial charge is 0.410 e. The highest BCUT2D eigenvalue weighted by atomic mass is 32.2. The van der Waals surface area contributed by atoms with Crippen molar-refractivity contribution in [3.8, 4) is 0 Å². The molecule has 0 saturated carbocycles. The molecule has 1 aromatic rings. The minimum absolute atomic E-state index is 0.0101. The molecule has 1 aromatic carbocycles. The molecule has 29 heavy (non-hydrogen) atoms. The molecule has 1 N–H and O–H groups in total. The van der Waals surface area contributed by atoms with Crippen molar-refractivity contribution in [3.63, 3.8) is 0 Å². The molecule has 1 aliphatic heterocycles. The Morgan fingerprint density at radius 3 is 2.28 bits per heavy atom. The lowest BCUT2D eigenvalue weighted by Crippen LogP contribution is -2.59. The van der Waals surface area contributed by atoms with Gasteiger partial charge in [-0.05, 0) is 64.3 Å². The first kappa shape index (κ1) is 23.2. The first-order valence-electron chi connectivity index (χ1n) is 9.99. The molecule has 1 aliphatic rings. The highest BCUT2D eigenvalue weighted by Crippen LogP contribution is 2.25. The molecule has 2 rings (SSSR count). The minimum Gasteiger partial charge on any atom is -0.444 e. The lowest BCUT2D eigenvalue weighted by molar-refractivity contribution is 0.000871. The Balaban J connectivity index is 2.12. The molecule has 0 unspecified atom stereocenters. The van der Waals surface area contributed by atoms with Gasteiger partial charge in [0.15, 0.2) is 9.84 Å². The van der Waals surface area contributed by atoms with Crippen molar-refractivity contribution >= 4 is 21.8 Å².